The molecule has 0 radical (unpaired) electrons. The lowest BCUT2D eigenvalue weighted by Gasteiger charge is -2.05. The molecule has 0 heterocycles. The van der Waals surface area contributed by atoms with Crippen LogP contribution in [0.3, 0.4) is 0 Å². The lowest BCUT2D eigenvalue weighted by Crippen LogP contribution is -2.00. The molecule has 2 unspecified atom stereocenters. The maximum absolute atomic E-state index is 10.7. The lowest BCUT2D eigenvalue weighted by atomic mass is 10.2. The van der Waals surface area contributed by atoms with Crippen LogP contribution in [-0.2, 0) is 4.79 Å². The monoisotopic (exact) mass is 222 g/mol. The topological polar surface area (TPSA) is 37.3 Å². The fourth-order valence-electron chi connectivity index (χ4n) is 1.66. The smallest absolute Gasteiger partial charge is 0.307 e. The van der Waals surface area contributed by atoms with E-state index in [1.54, 1.807) is 11.8 Å². The molecule has 0 aromatic heterocycles. The fourth-order valence-corrected chi connectivity index (χ4v) is 2.96. The van der Waals surface area contributed by atoms with Crippen molar-refractivity contribution in [1.82, 2.24) is 0 Å². The average molecular weight is 222 g/mol. The number of aliphatic carboxylic acids is 1. The van der Waals surface area contributed by atoms with Gasteiger partial charge in [0.15, 0.2) is 0 Å². The van der Waals surface area contributed by atoms with Crippen LogP contribution in [0.1, 0.15) is 17.5 Å². The number of carbonyl (C=O) groups is 1. The number of rotatable bonds is 3. The summed E-state index contributed by atoms with van der Waals surface area (Å²) in [5, 5.41) is 9.08. The molecule has 1 N–H and O–H groups in total. The standard InChI is InChI=1S/C12H14O2S/c1-7-3-4-10(8(2)5-7)15-11-6-9(11)12(13)14/h3-5,9,11H,6H2,1-2H3,(H,13,14). The quantitative estimate of drug-likeness (QED) is 0.854. The maximum atomic E-state index is 10.7. The predicted molar refractivity (Wildman–Crippen MR) is 61.3 cm³/mol. The minimum atomic E-state index is -0.655. The number of carboxylic acid groups (broad SMARTS) is 1. The van der Waals surface area contributed by atoms with Crippen molar-refractivity contribution < 1.29 is 9.90 Å². The van der Waals surface area contributed by atoms with Gasteiger partial charge in [0, 0.05) is 10.1 Å². The van der Waals surface area contributed by atoms with Gasteiger partial charge < -0.3 is 5.11 Å². The second-order valence-corrected chi connectivity index (χ2v) is 5.39. The van der Waals surface area contributed by atoms with E-state index in [4.69, 9.17) is 5.11 Å². The molecule has 2 atom stereocenters. The number of thioether (sulfide) groups is 1. The second kappa shape index (κ2) is 3.89. The van der Waals surface area contributed by atoms with Crippen LogP contribution in [0.2, 0.25) is 0 Å². The third-order valence-electron chi connectivity index (χ3n) is 2.66. The van der Waals surface area contributed by atoms with Gasteiger partial charge in [-0.15, -0.1) is 11.8 Å². The van der Waals surface area contributed by atoms with E-state index in [1.165, 1.54) is 16.0 Å². The molecule has 3 heteroatoms. The van der Waals surface area contributed by atoms with Crippen LogP contribution in [0.25, 0.3) is 0 Å². The second-order valence-electron chi connectivity index (χ2n) is 4.11. The Bertz CT molecular complexity index is 401. The molecule has 1 aromatic rings. The summed E-state index contributed by atoms with van der Waals surface area (Å²) in [5.41, 5.74) is 2.50. The van der Waals surface area contributed by atoms with Gasteiger partial charge in [0.25, 0.3) is 0 Å². The maximum Gasteiger partial charge on any atom is 0.307 e. The van der Waals surface area contributed by atoms with Crippen LogP contribution < -0.4 is 0 Å². The summed E-state index contributed by atoms with van der Waals surface area (Å²) in [6.07, 6.45) is 0.813. The van der Waals surface area contributed by atoms with E-state index in [-0.39, 0.29) is 11.2 Å². The fraction of sp³-hybridized carbons (Fsp3) is 0.417. The Balaban J connectivity index is 2.04. The van der Waals surface area contributed by atoms with Gasteiger partial charge in [0.05, 0.1) is 5.92 Å². The zero-order chi connectivity index (χ0) is 11.0. The van der Waals surface area contributed by atoms with Crippen molar-refractivity contribution in [3.63, 3.8) is 0 Å². The zero-order valence-electron chi connectivity index (χ0n) is 8.86. The van der Waals surface area contributed by atoms with Gasteiger partial charge in [0.1, 0.15) is 0 Å². The van der Waals surface area contributed by atoms with Crippen molar-refractivity contribution in [1.29, 1.82) is 0 Å². The summed E-state index contributed by atoms with van der Waals surface area (Å²) in [6, 6.07) is 6.31. The molecule has 0 spiro atoms. The van der Waals surface area contributed by atoms with Gasteiger partial charge in [0.2, 0.25) is 0 Å². The molecular weight excluding hydrogens is 208 g/mol. The van der Waals surface area contributed by atoms with Crippen LogP contribution in [0.5, 0.6) is 0 Å². The Labute approximate surface area is 93.7 Å². The molecule has 1 aliphatic carbocycles. The highest BCUT2D eigenvalue weighted by Gasteiger charge is 2.44. The Morgan fingerprint density at radius 2 is 2.20 bits per heavy atom. The molecule has 0 bridgehead atoms. The molecule has 0 aliphatic heterocycles. The minimum Gasteiger partial charge on any atom is -0.481 e. The van der Waals surface area contributed by atoms with Crippen molar-refractivity contribution in [3.8, 4) is 0 Å². The van der Waals surface area contributed by atoms with Gasteiger partial charge in [-0.05, 0) is 31.9 Å². The van der Waals surface area contributed by atoms with Crippen molar-refractivity contribution in [3.05, 3.63) is 29.3 Å². The SMILES string of the molecule is Cc1ccc(SC2CC2C(=O)O)c(C)c1. The Kier molecular flexibility index (Phi) is 2.74. The highest BCUT2D eigenvalue weighted by Crippen LogP contribution is 2.46. The summed E-state index contributed by atoms with van der Waals surface area (Å²) < 4.78 is 0. The largest absolute Gasteiger partial charge is 0.481 e. The molecule has 1 fully saturated rings. The molecule has 0 amide bonds. The van der Waals surface area contributed by atoms with Gasteiger partial charge >= 0.3 is 5.97 Å². The van der Waals surface area contributed by atoms with Crippen molar-refractivity contribution in [2.24, 2.45) is 5.92 Å². The van der Waals surface area contributed by atoms with Gasteiger partial charge in [-0.3, -0.25) is 4.79 Å². The molecule has 80 valence electrons. The summed E-state index contributed by atoms with van der Waals surface area (Å²) >= 11 is 1.70. The molecule has 15 heavy (non-hydrogen) atoms. The number of hydrogen-bond acceptors (Lipinski definition) is 2. The summed E-state index contributed by atoms with van der Waals surface area (Å²) in [5.74, 6) is -0.784. The highest BCUT2D eigenvalue weighted by atomic mass is 32.2. The zero-order valence-corrected chi connectivity index (χ0v) is 9.67. The van der Waals surface area contributed by atoms with E-state index in [9.17, 15) is 4.79 Å². The summed E-state index contributed by atoms with van der Waals surface area (Å²) in [6.45, 7) is 4.14. The van der Waals surface area contributed by atoms with Crippen molar-refractivity contribution in [2.75, 3.05) is 0 Å². The van der Waals surface area contributed by atoms with Gasteiger partial charge in [-0.25, -0.2) is 0 Å². The molecule has 1 saturated carbocycles. The Morgan fingerprint density at radius 3 is 2.73 bits per heavy atom. The van der Waals surface area contributed by atoms with Crippen LogP contribution in [0.15, 0.2) is 23.1 Å². The van der Waals surface area contributed by atoms with E-state index in [0.717, 1.165) is 6.42 Å². The predicted octanol–water partition coefficient (Wildman–Crippen LogP) is 2.87. The minimum absolute atomic E-state index is 0.129. The van der Waals surface area contributed by atoms with Gasteiger partial charge in [-0.1, -0.05) is 17.7 Å². The summed E-state index contributed by atoms with van der Waals surface area (Å²) in [4.78, 5) is 11.9. The number of aryl methyl sites for hydroxylation is 2. The highest BCUT2D eigenvalue weighted by molar-refractivity contribution is 8.00. The van der Waals surface area contributed by atoms with E-state index >= 15 is 0 Å². The molecule has 1 aliphatic rings. The summed E-state index contributed by atoms with van der Waals surface area (Å²) in [7, 11) is 0. The molecule has 2 nitrogen and oxygen atoms in total. The van der Waals surface area contributed by atoms with E-state index < -0.39 is 5.97 Å². The number of carboxylic acids is 1. The average Bonchev–Trinajstić information content (AvgIpc) is 2.89. The van der Waals surface area contributed by atoms with Crippen LogP contribution in [0, 0.1) is 19.8 Å². The molecular formula is C12H14O2S. The molecule has 0 saturated heterocycles. The first-order valence-electron chi connectivity index (χ1n) is 5.04. The lowest BCUT2D eigenvalue weighted by molar-refractivity contribution is -0.138. The van der Waals surface area contributed by atoms with Crippen molar-refractivity contribution >= 4 is 17.7 Å². The van der Waals surface area contributed by atoms with E-state index in [2.05, 4.69) is 32.0 Å². The van der Waals surface area contributed by atoms with Gasteiger partial charge in [-0.2, -0.15) is 0 Å². The third-order valence-corrected chi connectivity index (χ3v) is 4.19. The van der Waals surface area contributed by atoms with E-state index in [0.29, 0.717) is 0 Å². The first-order chi connectivity index (χ1) is 7.08. The Hall–Kier alpha value is -0.960. The number of hydrogen-bond donors (Lipinski definition) is 1. The first kappa shape index (κ1) is 10.6. The van der Waals surface area contributed by atoms with Crippen LogP contribution >= 0.6 is 11.8 Å². The van der Waals surface area contributed by atoms with Crippen LogP contribution in [0.4, 0.5) is 0 Å². The molecule has 2 rings (SSSR count). The number of benzene rings is 1. The van der Waals surface area contributed by atoms with E-state index in [1.807, 2.05) is 0 Å². The molecule has 1 aromatic carbocycles. The Morgan fingerprint density at radius 1 is 1.47 bits per heavy atom. The first-order valence-corrected chi connectivity index (χ1v) is 5.92. The normalized spacial score (nSPS) is 23.9. The van der Waals surface area contributed by atoms with Crippen molar-refractivity contribution in [2.45, 2.75) is 30.4 Å². The van der Waals surface area contributed by atoms with Crippen LogP contribution in [-0.4, -0.2) is 16.3 Å². The third kappa shape index (κ3) is 2.34.